The predicted octanol–water partition coefficient (Wildman–Crippen LogP) is 5.17. The van der Waals surface area contributed by atoms with Crippen LogP contribution in [0.4, 0.5) is 0 Å². The number of Topliss-reactive ketones (excluding diaryl/α,β-unsaturated/α-hetero) is 1. The largest absolute Gasteiger partial charge is 0.497 e. The zero-order chi connectivity index (χ0) is 18.5. The Morgan fingerprint density at radius 3 is 1.85 bits per heavy atom. The van der Waals surface area contributed by atoms with Gasteiger partial charge in [-0.2, -0.15) is 0 Å². The lowest BCUT2D eigenvalue weighted by atomic mass is 9.80. The first kappa shape index (κ1) is 18.0. The van der Waals surface area contributed by atoms with Gasteiger partial charge in [0.15, 0.2) is 5.78 Å². The van der Waals surface area contributed by atoms with Gasteiger partial charge in [0.2, 0.25) is 0 Å². The number of ether oxygens (including phenoxy) is 2. The molecule has 0 spiro atoms. The van der Waals surface area contributed by atoms with Crippen molar-refractivity contribution in [3.8, 4) is 11.5 Å². The molecule has 0 N–H and O–H groups in total. The van der Waals surface area contributed by atoms with Gasteiger partial charge in [-0.1, -0.05) is 31.2 Å². The summed E-state index contributed by atoms with van der Waals surface area (Å²) in [7, 11) is 3.30. The normalized spacial score (nSPS) is 20.4. The minimum atomic E-state index is 0.149. The summed E-state index contributed by atoms with van der Waals surface area (Å²) < 4.78 is 10.4. The molecule has 0 saturated heterocycles. The number of ketones is 1. The summed E-state index contributed by atoms with van der Waals surface area (Å²) in [5, 5.41) is 0. The molecule has 26 heavy (non-hydrogen) atoms. The average Bonchev–Trinajstić information content (AvgIpc) is 2.68. The van der Waals surface area contributed by atoms with Crippen LogP contribution in [-0.4, -0.2) is 20.0 Å². The molecule has 0 aromatic heterocycles. The average molecular weight is 348 g/mol. The van der Waals surface area contributed by atoms with Gasteiger partial charge in [-0.25, -0.2) is 0 Å². The topological polar surface area (TPSA) is 35.5 Å². The number of hydrogen-bond acceptors (Lipinski definition) is 3. The Bertz CT molecular complexity index is 827. The van der Waals surface area contributed by atoms with E-state index < -0.39 is 0 Å². The molecule has 1 aliphatic rings. The maximum Gasteiger partial charge on any atom is 0.185 e. The van der Waals surface area contributed by atoms with Crippen molar-refractivity contribution in [3.05, 3.63) is 70.8 Å². The lowest BCUT2D eigenvalue weighted by Crippen LogP contribution is -2.19. The van der Waals surface area contributed by atoms with Crippen molar-refractivity contribution in [3.63, 3.8) is 0 Å². The molecule has 0 bridgehead atoms. The molecule has 0 radical (unpaired) electrons. The summed E-state index contributed by atoms with van der Waals surface area (Å²) in [6.07, 6.45) is 5.80. The zero-order valence-corrected chi connectivity index (χ0v) is 15.5. The van der Waals surface area contributed by atoms with E-state index in [9.17, 15) is 4.79 Å². The molecule has 1 aliphatic carbocycles. The van der Waals surface area contributed by atoms with Gasteiger partial charge >= 0.3 is 0 Å². The van der Waals surface area contributed by atoms with Crippen LogP contribution in [0.3, 0.4) is 0 Å². The molecule has 3 rings (SSSR count). The second-order valence-electron chi connectivity index (χ2n) is 6.58. The van der Waals surface area contributed by atoms with E-state index in [-0.39, 0.29) is 11.7 Å². The third kappa shape index (κ3) is 4.05. The van der Waals surface area contributed by atoms with Crippen molar-refractivity contribution >= 4 is 17.9 Å². The SMILES string of the molecule is COc1ccc(/C=C2/CCC(C)/C(=C/c3ccc(OC)cc3)C2=O)cc1. The second kappa shape index (κ2) is 8.05. The molecule has 0 amide bonds. The number of carbonyl (C=O) groups is 1. The van der Waals surface area contributed by atoms with Crippen molar-refractivity contribution < 1.29 is 14.3 Å². The monoisotopic (exact) mass is 348 g/mol. The van der Waals surface area contributed by atoms with E-state index in [4.69, 9.17) is 9.47 Å². The highest BCUT2D eigenvalue weighted by Crippen LogP contribution is 2.32. The fourth-order valence-corrected chi connectivity index (χ4v) is 3.18. The molecular weight excluding hydrogens is 324 g/mol. The summed E-state index contributed by atoms with van der Waals surface area (Å²) >= 11 is 0. The Kier molecular flexibility index (Phi) is 5.57. The maximum atomic E-state index is 13.0. The second-order valence-corrected chi connectivity index (χ2v) is 6.58. The van der Waals surface area contributed by atoms with Gasteiger partial charge in [0.25, 0.3) is 0 Å². The van der Waals surface area contributed by atoms with Crippen LogP contribution in [0, 0.1) is 5.92 Å². The Labute approximate surface area is 155 Å². The molecule has 1 atom stereocenters. The van der Waals surface area contributed by atoms with Crippen LogP contribution in [0.5, 0.6) is 11.5 Å². The third-order valence-corrected chi connectivity index (χ3v) is 4.83. The summed E-state index contributed by atoms with van der Waals surface area (Å²) in [5.41, 5.74) is 3.79. The van der Waals surface area contributed by atoms with Crippen LogP contribution >= 0.6 is 0 Å². The summed E-state index contributed by atoms with van der Waals surface area (Å²) in [5.74, 6) is 2.04. The number of carbonyl (C=O) groups excluding carboxylic acids is 1. The lowest BCUT2D eigenvalue weighted by molar-refractivity contribution is -0.113. The van der Waals surface area contributed by atoms with Crippen molar-refractivity contribution in [2.45, 2.75) is 19.8 Å². The molecule has 0 heterocycles. The first-order chi connectivity index (χ1) is 12.6. The minimum absolute atomic E-state index is 0.149. The van der Waals surface area contributed by atoms with Crippen molar-refractivity contribution in [1.29, 1.82) is 0 Å². The Hall–Kier alpha value is -2.81. The van der Waals surface area contributed by atoms with Crippen molar-refractivity contribution in [2.24, 2.45) is 5.92 Å². The molecular formula is C23H24O3. The van der Waals surface area contributed by atoms with Gasteiger partial charge in [-0.3, -0.25) is 4.79 Å². The van der Waals surface area contributed by atoms with Gasteiger partial charge in [0.1, 0.15) is 11.5 Å². The lowest BCUT2D eigenvalue weighted by Gasteiger charge is -2.23. The van der Waals surface area contributed by atoms with Gasteiger partial charge in [0.05, 0.1) is 14.2 Å². The Morgan fingerprint density at radius 2 is 1.35 bits per heavy atom. The number of hydrogen-bond donors (Lipinski definition) is 0. The van der Waals surface area contributed by atoms with E-state index in [1.807, 2.05) is 60.7 Å². The molecule has 2 aromatic carbocycles. The van der Waals surface area contributed by atoms with Crippen molar-refractivity contribution in [2.75, 3.05) is 14.2 Å². The summed E-state index contributed by atoms with van der Waals surface area (Å²) in [6.45, 7) is 2.12. The highest BCUT2D eigenvalue weighted by molar-refractivity contribution is 6.14. The van der Waals surface area contributed by atoms with Crippen LogP contribution in [0.2, 0.25) is 0 Å². The summed E-state index contributed by atoms with van der Waals surface area (Å²) in [6, 6.07) is 15.6. The highest BCUT2D eigenvalue weighted by atomic mass is 16.5. The van der Waals surface area contributed by atoms with E-state index in [0.29, 0.717) is 0 Å². The molecule has 134 valence electrons. The van der Waals surface area contributed by atoms with Crippen molar-refractivity contribution in [1.82, 2.24) is 0 Å². The van der Waals surface area contributed by atoms with Gasteiger partial charge in [-0.15, -0.1) is 0 Å². The molecule has 3 nitrogen and oxygen atoms in total. The fourth-order valence-electron chi connectivity index (χ4n) is 3.18. The molecule has 1 saturated carbocycles. The van der Waals surface area contributed by atoms with E-state index in [0.717, 1.165) is 46.6 Å². The fraction of sp³-hybridized carbons (Fsp3) is 0.261. The van der Waals surface area contributed by atoms with Crippen LogP contribution in [-0.2, 0) is 4.79 Å². The molecule has 1 fully saturated rings. The Morgan fingerprint density at radius 1 is 0.846 bits per heavy atom. The van der Waals surface area contributed by atoms with E-state index >= 15 is 0 Å². The first-order valence-corrected chi connectivity index (χ1v) is 8.85. The molecule has 3 heteroatoms. The van der Waals surface area contributed by atoms with Crippen LogP contribution < -0.4 is 9.47 Å². The van der Waals surface area contributed by atoms with Gasteiger partial charge in [-0.05, 0) is 66.3 Å². The zero-order valence-electron chi connectivity index (χ0n) is 15.5. The minimum Gasteiger partial charge on any atom is -0.497 e. The van der Waals surface area contributed by atoms with Crippen LogP contribution in [0.1, 0.15) is 30.9 Å². The smallest absolute Gasteiger partial charge is 0.185 e. The predicted molar refractivity (Wildman–Crippen MR) is 105 cm³/mol. The molecule has 1 unspecified atom stereocenters. The number of benzene rings is 2. The van der Waals surface area contributed by atoms with Crippen LogP contribution in [0.25, 0.3) is 12.2 Å². The summed E-state index contributed by atoms with van der Waals surface area (Å²) in [4.78, 5) is 13.0. The first-order valence-electron chi connectivity index (χ1n) is 8.85. The van der Waals surface area contributed by atoms with E-state index in [2.05, 4.69) is 6.92 Å². The Balaban J connectivity index is 1.86. The number of rotatable bonds is 4. The van der Waals surface area contributed by atoms with Crippen LogP contribution in [0.15, 0.2) is 59.7 Å². The standard InChI is InChI=1S/C23H24O3/c1-16-4-9-19(14-17-5-10-20(25-2)11-6-17)23(24)22(16)15-18-7-12-21(26-3)13-8-18/h5-8,10-16H,4,9H2,1-3H3/b19-14-,22-15-. The van der Waals surface area contributed by atoms with E-state index in [1.165, 1.54) is 0 Å². The highest BCUT2D eigenvalue weighted by Gasteiger charge is 2.26. The number of methoxy groups -OCH3 is 2. The maximum absolute atomic E-state index is 13.0. The van der Waals surface area contributed by atoms with Gasteiger partial charge in [0, 0.05) is 11.1 Å². The third-order valence-electron chi connectivity index (χ3n) is 4.83. The number of allylic oxidation sites excluding steroid dienone is 2. The molecule has 2 aromatic rings. The molecule has 0 aliphatic heterocycles. The van der Waals surface area contributed by atoms with E-state index in [1.54, 1.807) is 14.2 Å². The quantitative estimate of drug-likeness (QED) is 0.715. The van der Waals surface area contributed by atoms with Gasteiger partial charge < -0.3 is 9.47 Å².